The zero-order valence-electron chi connectivity index (χ0n) is 9.60. The average Bonchev–Trinajstić information content (AvgIpc) is 2.34. The van der Waals surface area contributed by atoms with Gasteiger partial charge < -0.3 is 5.11 Å². The number of benzene rings is 1. The Morgan fingerprint density at radius 2 is 2.06 bits per heavy atom. The van der Waals surface area contributed by atoms with Crippen molar-refractivity contribution in [3.05, 3.63) is 47.5 Å². The number of hydrogen-bond acceptors (Lipinski definition) is 2. The van der Waals surface area contributed by atoms with Crippen LogP contribution in [0, 0.1) is 0 Å². The first-order chi connectivity index (χ1) is 7.72. The molecule has 1 atom stereocenters. The van der Waals surface area contributed by atoms with Gasteiger partial charge in [-0.25, -0.2) is 0 Å². The molecule has 2 nitrogen and oxygen atoms in total. The molecule has 0 bridgehead atoms. The van der Waals surface area contributed by atoms with Gasteiger partial charge in [-0.05, 0) is 37.3 Å². The van der Waals surface area contributed by atoms with Gasteiger partial charge in [0.2, 0.25) is 0 Å². The van der Waals surface area contributed by atoms with Gasteiger partial charge in [-0.3, -0.25) is 4.79 Å². The summed E-state index contributed by atoms with van der Waals surface area (Å²) < 4.78 is 0. The van der Waals surface area contributed by atoms with E-state index in [0.717, 1.165) is 19.1 Å². The Labute approximate surface area is 96.6 Å². The van der Waals surface area contributed by atoms with E-state index in [0.29, 0.717) is 12.0 Å². The molecular weight excluding hydrogens is 200 g/mol. The van der Waals surface area contributed by atoms with E-state index in [4.69, 9.17) is 0 Å². The predicted octanol–water partition coefficient (Wildman–Crippen LogP) is 2.52. The first kappa shape index (κ1) is 12.7. The minimum absolute atomic E-state index is 0.366. The number of hydrogen-bond donors (Lipinski definition) is 1. The Hall–Kier alpha value is -1.41. The highest BCUT2D eigenvalue weighted by molar-refractivity contribution is 5.71. The predicted molar refractivity (Wildman–Crippen MR) is 65.2 cm³/mol. The molecule has 1 aromatic carbocycles. The maximum Gasteiger partial charge on any atom is 0.145 e. The highest BCUT2D eigenvalue weighted by atomic mass is 16.3. The van der Waals surface area contributed by atoms with Gasteiger partial charge >= 0.3 is 0 Å². The van der Waals surface area contributed by atoms with Crippen LogP contribution in [0.3, 0.4) is 0 Å². The van der Waals surface area contributed by atoms with Crippen LogP contribution >= 0.6 is 0 Å². The smallest absolute Gasteiger partial charge is 0.145 e. The molecule has 0 spiro atoms. The number of carbonyl (C=O) groups is 1. The first-order valence-corrected chi connectivity index (χ1v) is 5.56. The molecule has 0 aliphatic rings. The van der Waals surface area contributed by atoms with Crippen LogP contribution in [0.5, 0.6) is 0 Å². The first-order valence-electron chi connectivity index (χ1n) is 5.56. The Morgan fingerprint density at radius 1 is 1.38 bits per heavy atom. The van der Waals surface area contributed by atoms with Gasteiger partial charge in [-0.15, -0.1) is 0 Å². The van der Waals surface area contributed by atoms with Crippen molar-refractivity contribution in [2.75, 3.05) is 0 Å². The topological polar surface area (TPSA) is 37.3 Å². The highest BCUT2D eigenvalue weighted by Gasteiger charge is 2.02. The Balaban J connectivity index is 2.30. The van der Waals surface area contributed by atoms with E-state index in [1.54, 1.807) is 13.0 Å². The second-order valence-electron chi connectivity index (χ2n) is 3.98. The third-order valence-electron chi connectivity index (χ3n) is 2.51. The second-order valence-corrected chi connectivity index (χ2v) is 3.98. The van der Waals surface area contributed by atoms with E-state index in [9.17, 15) is 9.90 Å². The molecule has 0 saturated heterocycles. The second kappa shape index (κ2) is 6.96. The normalized spacial score (nSPS) is 13.5. The van der Waals surface area contributed by atoms with Gasteiger partial charge in [0.15, 0.2) is 0 Å². The molecule has 0 aliphatic heterocycles. The van der Waals surface area contributed by atoms with E-state index in [1.807, 2.05) is 18.2 Å². The standard InChI is InChI=1S/C14H18O2/c1-12(11-15)7-9-14(16)10-8-13-5-3-2-4-6-13/h2-7,11,14,16H,8-10H2,1H3/b12-7+. The minimum Gasteiger partial charge on any atom is -0.393 e. The summed E-state index contributed by atoms with van der Waals surface area (Å²) in [6.45, 7) is 1.75. The van der Waals surface area contributed by atoms with E-state index in [2.05, 4.69) is 12.1 Å². The summed E-state index contributed by atoms with van der Waals surface area (Å²) in [5, 5.41) is 9.69. The van der Waals surface area contributed by atoms with Crippen LogP contribution in [0.1, 0.15) is 25.3 Å². The molecule has 0 radical (unpaired) electrons. The van der Waals surface area contributed by atoms with Crippen molar-refractivity contribution in [2.45, 2.75) is 32.3 Å². The zero-order valence-corrected chi connectivity index (χ0v) is 9.60. The minimum atomic E-state index is -0.366. The van der Waals surface area contributed by atoms with Crippen molar-refractivity contribution >= 4 is 6.29 Å². The fraction of sp³-hybridized carbons (Fsp3) is 0.357. The Morgan fingerprint density at radius 3 is 2.69 bits per heavy atom. The summed E-state index contributed by atoms with van der Waals surface area (Å²) in [5.41, 5.74) is 1.91. The van der Waals surface area contributed by atoms with E-state index in [-0.39, 0.29) is 6.10 Å². The molecule has 16 heavy (non-hydrogen) atoms. The van der Waals surface area contributed by atoms with Crippen LogP contribution < -0.4 is 0 Å². The molecule has 1 aromatic rings. The molecule has 0 amide bonds. The number of aldehydes is 1. The van der Waals surface area contributed by atoms with Gasteiger partial charge in [-0.2, -0.15) is 0 Å². The Kier molecular flexibility index (Phi) is 5.51. The summed E-state index contributed by atoms with van der Waals surface area (Å²) in [6, 6.07) is 10.1. The fourth-order valence-electron chi connectivity index (χ4n) is 1.47. The lowest BCUT2D eigenvalue weighted by atomic mass is 10.0. The van der Waals surface area contributed by atoms with Crippen LogP contribution in [0.4, 0.5) is 0 Å². The van der Waals surface area contributed by atoms with E-state index < -0.39 is 0 Å². The van der Waals surface area contributed by atoms with Crippen LogP contribution in [-0.2, 0) is 11.2 Å². The summed E-state index contributed by atoms with van der Waals surface area (Å²) in [6.07, 6.45) is 4.38. The number of aliphatic hydroxyl groups excluding tert-OH is 1. The number of allylic oxidation sites excluding steroid dienone is 1. The average molecular weight is 218 g/mol. The molecule has 0 saturated carbocycles. The molecule has 1 N–H and O–H groups in total. The molecule has 0 fully saturated rings. The number of aryl methyl sites for hydroxylation is 1. The largest absolute Gasteiger partial charge is 0.393 e. The molecule has 0 heterocycles. The monoisotopic (exact) mass is 218 g/mol. The van der Waals surface area contributed by atoms with Gasteiger partial charge in [0.05, 0.1) is 6.10 Å². The van der Waals surface area contributed by atoms with E-state index in [1.165, 1.54) is 5.56 Å². The summed E-state index contributed by atoms with van der Waals surface area (Å²) >= 11 is 0. The van der Waals surface area contributed by atoms with Crippen molar-refractivity contribution in [2.24, 2.45) is 0 Å². The number of aliphatic hydroxyl groups is 1. The molecule has 1 unspecified atom stereocenters. The summed E-state index contributed by atoms with van der Waals surface area (Å²) in [4.78, 5) is 10.3. The van der Waals surface area contributed by atoms with Crippen LogP contribution in [0.25, 0.3) is 0 Å². The number of carbonyl (C=O) groups excluding carboxylic acids is 1. The lowest BCUT2D eigenvalue weighted by Gasteiger charge is -2.07. The summed E-state index contributed by atoms with van der Waals surface area (Å²) in [5.74, 6) is 0. The number of rotatable bonds is 6. The molecule has 86 valence electrons. The third-order valence-corrected chi connectivity index (χ3v) is 2.51. The quantitative estimate of drug-likeness (QED) is 0.588. The SMILES string of the molecule is C/C(C=O)=C\CC(O)CCc1ccccc1. The highest BCUT2D eigenvalue weighted by Crippen LogP contribution is 2.08. The molecule has 0 aromatic heterocycles. The van der Waals surface area contributed by atoms with Gasteiger partial charge in [-0.1, -0.05) is 36.4 Å². The fourth-order valence-corrected chi connectivity index (χ4v) is 1.47. The molecule has 0 aliphatic carbocycles. The Bertz CT molecular complexity index is 341. The maximum atomic E-state index is 10.3. The maximum absolute atomic E-state index is 10.3. The lowest BCUT2D eigenvalue weighted by Crippen LogP contribution is -2.06. The van der Waals surface area contributed by atoms with Crippen LogP contribution in [-0.4, -0.2) is 17.5 Å². The van der Waals surface area contributed by atoms with Crippen LogP contribution in [0.15, 0.2) is 42.0 Å². The van der Waals surface area contributed by atoms with E-state index >= 15 is 0 Å². The molecule has 2 heteroatoms. The van der Waals surface area contributed by atoms with Crippen molar-refractivity contribution < 1.29 is 9.90 Å². The summed E-state index contributed by atoms with van der Waals surface area (Å²) in [7, 11) is 0. The van der Waals surface area contributed by atoms with Crippen molar-refractivity contribution in [3.63, 3.8) is 0 Å². The van der Waals surface area contributed by atoms with Gasteiger partial charge in [0, 0.05) is 0 Å². The van der Waals surface area contributed by atoms with Crippen LogP contribution in [0.2, 0.25) is 0 Å². The van der Waals surface area contributed by atoms with Crippen molar-refractivity contribution in [1.29, 1.82) is 0 Å². The molecule has 1 rings (SSSR count). The van der Waals surface area contributed by atoms with Gasteiger partial charge in [0.25, 0.3) is 0 Å². The third kappa shape index (κ3) is 4.89. The van der Waals surface area contributed by atoms with Gasteiger partial charge in [0.1, 0.15) is 6.29 Å². The molecular formula is C14H18O2. The van der Waals surface area contributed by atoms with Crippen molar-refractivity contribution in [1.82, 2.24) is 0 Å². The lowest BCUT2D eigenvalue weighted by molar-refractivity contribution is -0.104. The zero-order chi connectivity index (χ0) is 11.8. The van der Waals surface area contributed by atoms with Crippen molar-refractivity contribution in [3.8, 4) is 0 Å².